The minimum atomic E-state index is -4.43. The number of rotatable bonds is 2. The van der Waals surface area contributed by atoms with E-state index in [1.54, 1.807) is 0 Å². The fourth-order valence-corrected chi connectivity index (χ4v) is 2.29. The molecule has 3 aromatic carbocycles. The van der Waals surface area contributed by atoms with Crippen molar-refractivity contribution in [2.75, 3.05) is 0 Å². The Morgan fingerprint density at radius 3 is 1.14 bits per heavy atom. The molecule has 0 aliphatic rings. The molecule has 28 heavy (non-hydrogen) atoms. The van der Waals surface area contributed by atoms with Gasteiger partial charge in [-0.2, -0.15) is 26.3 Å². The first kappa shape index (κ1) is 21.3. The third kappa shape index (κ3) is 6.01. The van der Waals surface area contributed by atoms with E-state index in [0.29, 0.717) is 11.1 Å². The van der Waals surface area contributed by atoms with Gasteiger partial charge in [0.2, 0.25) is 0 Å². The summed E-state index contributed by atoms with van der Waals surface area (Å²) < 4.78 is 74.3. The molecule has 0 spiro atoms. The van der Waals surface area contributed by atoms with Crippen molar-refractivity contribution in [3.63, 3.8) is 0 Å². The topological polar surface area (TPSA) is 0 Å². The molecule has 0 unspecified atom stereocenters. The summed E-state index contributed by atoms with van der Waals surface area (Å²) in [5.74, 6) is 0. The Hall–Kier alpha value is -3.02. The second-order valence-corrected chi connectivity index (χ2v) is 5.77. The SMILES string of the molecule is C=Cc1ccccc1.FC(F)(F)c1ccc(-c2ccc(C(F)(F)F)cc2)cc1. The fourth-order valence-electron chi connectivity index (χ4n) is 2.29. The molecular weight excluding hydrogens is 378 g/mol. The highest BCUT2D eigenvalue weighted by atomic mass is 19.4. The Labute approximate surface area is 158 Å². The van der Waals surface area contributed by atoms with Crippen LogP contribution >= 0.6 is 0 Å². The average Bonchev–Trinajstić information content (AvgIpc) is 2.68. The molecule has 0 N–H and O–H groups in total. The summed E-state index contributed by atoms with van der Waals surface area (Å²) in [7, 11) is 0. The van der Waals surface area contributed by atoms with Gasteiger partial charge in [0.25, 0.3) is 0 Å². The maximum atomic E-state index is 12.4. The summed E-state index contributed by atoms with van der Waals surface area (Å²) in [5, 5.41) is 0. The lowest BCUT2D eigenvalue weighted by molar-refractivity contribution is -0.138. The zero-order valence-corrected chi connectivity index (χ0v) is 14.6. The number of halogens is 6. The van der Waals surface area contributed by atoms with E-state index in [0.717, 1.165) is 24.3 Å². The van der Waals surface area contributed by atoms with E-state index in [1.165, 1.54) is 29.8 Å². The van der Waals surface area contributed by atoms with Crippen LogP contribution in [0.25, 0.3) is 17.2 Å². The molecule has 0 bridgehead atoms. The van der Waals surface area contributed by atoms with Crippen LogP contribution in [0.15, 0.2) is 85.4 Å². The summed E-state index contributed by atoms with van der Waals surface area (Å²) in [6, 6.07) is 18.5. The van der Waals surface area contributed by atoms with Gasteiger partial charge >= 0.3 is 12.4 Å². The lowest BCUT2D eigenvalue weighted by atomic mass is 10.0. The van der Waals surface area contributed by atoms with Gasteiger partial charge in [-0.3, -0.25) is 0 Å². The van der Waals surface area contributed by atoms with Crippen LogP contribution in [0.1, 0.15) is 16.7 Å². The van der Waals surface area contributed by atoms with Crippen LogP contribution in [0.5, 0.6) is 0 Å². The molecular formula is C22H16F6. The largest absolute Gasteiger partial charge is 0.416 e. The zero-order chi connectivity index (χ0) is 20.8. The van der Waals surface area contributed by atoms with Crippen LogP contribution < -0.4 is 0 Å². The highest BCUT2D eigenvalue weighted by molar-refractivity contribution is 5.64. The van der Waals surface area contributed by atoms with Gasteiger partial charge in [0.05, 0.1) is 11.1 Å². The second kappa shape index (κ2) is 8.78. The molecule has 146 valence electrons. The maximum absolute atomic E-state index is 12.4. The van der Waals surface area contributed by atoms with Crippen molar-refractivity contribution in [1.29, 1.82) is 0 Å². The summed E-state index contributed by atoms with van der Waals surface area (Å²) in [6.07, 6.45) is -7.03. The molecule has 0 amide bonds. The Morgan fingerprint density at radius 1 is 0.536 bits per heavy atom. The van der Waals surface area contributed by atoms with Gasteiger partial charge in [-0.15, -0.1) is 0 Å². The minimum Gasteiger partial charge on any atom is -0.166 e. The van der Waals surface area contributed by atoms with Gasteiger partial charge in [0.15, 0.2) is 0 Å². The van der Waals surface area contributed by atoms with Crippen molar-refractivity contribution in [2.24, 2.45) is 0 Å². The quantitative estimate of drug-likeness (QED) is 0.390. The van der Waals surface area contributed by atoms with Crippen molar-refractivity contribution in [1.82, 2.24) is 0 Å². The first-order chi connectivity index (χ1) is 13.1. The third-order valence-electron chi connectivity index (χ3n) is 3.79. The second-order valence-electron chi connectivity index (χ2n) is 5.77. The van der Waals surface area contributed by atoms with Gasteiger partial charge < -0.3 is 0 Å². The van der Waals surface area contributed by atoms with E-state index in [4.69, 9.17) is 0 Å². The summed E-state index contributed by atoms with van der Waals surface area (Å²) in [5.41, 5.74) is 0.423. The molecule has 3 aromatic rings. The Morgan fingerprint density at radius 2 is 0.893 bits per heavy atom. The van der Waals surface area contributed by atoms with Crippen LogP contribution in [0.2, 0.25) is 0 Å². The Bertz CT molecular complexity index is 818. The van der Waals surface area contributed by atoms with Crippen LogP contribution in [-0.4, -0.2) is 0 Å². The molecule has 0 radical (unpaired) electrons. The Kier molecular flexibility index (Phi) is 6.67. The smallest absolute Gasteiger partial charge is 0.166 e. The van der Waals surface area contributed by atoms with E-state index in [1.807, 2.05) is 36.4 Å². The molecule has 0 saturated carbocycles. The molecule has 0 aliphatic heterocycles. The molecule has 0 fully saturated rings. The van der Waals surface area contributed by atoms with Crippen molar-refractivity contribution >= 4 is 6.08 Å². The normalized spacial score (nSPS) is 11.4. The predicted molar refractivity (Wildman–Crippen MR) is 98.4 cm³/mol. The van der Waals surface area contributed by atoms with Crippen molar-refractivity contribution in [2.45, 2.75) is 12.4 Å². The molecule has 0 nitrogen and oxygen atoms in total. The van der Waals surface area contributed by atoms with Gasteiger partial charge in [0.1, 0.15) is 0 Å². The monoisotopic (exact) mass is 394 g/mol. The van der Waals surface area contributed by atoms with E-state index in [9.17, 15) is 26.3 Å². The molecule has 0 heterocycles. The van der Waals surface area contributed by atoms with E-state index < -0.39 is 23.5 Å². The number of benzene rings is 3. The van der Waals surface area contributed by atoms with Crippen molar-refractivity contribution < 1.29 is 26.3 Å². The molecule has 0 aliphatic carbocycles. The van der Waals surface area contributed by atoms with E-state index >= 15 is 0 Å². The summed E-state index contributed by atoms with van der Waals surface area (Å²) in [4.78, 5) is 0. The van der Waals surface area contributed by atoms with E-state index in [-0.39, 0.29) is 0 Å². The van der Waals surface area contributed by atoms with Gasteiger partial charge in [-0.1, -0.05) is 67.3 Å². The Balaban J connectivity index is 0.000000292. The highest BCUT2D eigenvalue weighted by Gasteiger charge is 2.31. The first-order valence-electron chi connectivity index (χ1n) is 8.13. The highest BCUT2D eigenvalue weighted by Crippen LogP contribution is 2.33. The fraction of sp³-hybridized carbons (Fsp3) is 0.0909. The van der Waals surface area contributed by atoms with Gasteiger partial charge in [-0.05, 0) is 41.0 Å². The summed E-state index contributed by atoms with van der Waals surface area (Å²) >= 11 is 0. The standard InChI is InChI=1S/C14H8F6.C8H8/c15-13(16,17)11-5-1-9(2-6-11)10-3-7-12(8-4-10)14(18,19)20;1-2-8-6-4-3-5-7-8/h1-8H;2-7H,1H2. The van der Waals surface area contributed by atoms with Gasteiger partial charge in [-0.25, -0.2) is 0 Å². The molecule has 3 rings (SSSR count). The predicted octanol–water partition coefficient (Wildman–Crippen LogP) is 7.72. The molecule has 6 heteroatoms. The van der Waals surface area contributed by atoms with Crippen molar-refractivity contribution in [3.05, 3.63) is 102 Å². The maximum Gasteiger partial charge on any atom is 0.416 e. The molecule has 0 atom stereocenters. The van der Waals surface area contributed by atoms with E-state index in [2.05, 4.69) is 6.58 Å². The number of hydrogen-bond acceptors (Lipinski definition) is 0. The number of alkyl halides is 6. The average molecular weight is 394 g/mol. The molecule has 0 aromatic heterocycles. The first-order valence-corrected chi connectivity index (χ1v) is 8.13. The summed E-state index contributed by atoms with van der Waals surface area (Å²) in [6.45, 7) is 3.63. The van der Waals surface area contributed by atoms with Crippen LogP contribution in [0.3, 0.4) is 0 Å². The van der Waals surface area contributed by atoms with Crippen LogP contribution in [-0.2, 0) is 12.4 Å². The number of hydrogen-bond donors (Lipinski definition) is 0. The zero-order valence-electron chi connectivity index (χ0n) is 14.6. The molecule has 0 saturated heterocycles. The third-order valence-corrected chi connectivity index (χ3v) is 3.79. The van der Waals surface area contributed by atoms with Crippen molar-refractivity contribution in [3.8, 4) is 11.1 Å². The van der Waals surface area contributed by atoms with Crippen LogP contribution in [0, 0.1) is 0 Å². The lowest BCUT2D eigenvalue weighted by Crippen LogP contribution is -2.04. The van der Waals surface area contributed by atoms with Crippen LogP contribution in [0.4, 0.5) is 26.3 Å². The lowest BCUT2D eigenvalue weighted by Gasteiger charge is -2.09. The minimum absolute atomic E-state index is 0.423. The van der Waals surface area contributed by atoms with Gasteiger partial charge in [0, 0.05) is 0 Å².